The largest absolute Gasteiger partial charge is 0.0886 e. The molecule has 0 aromatic rings. The van der Waals surface area contributed by atoms with E-state index in [1.165, 1.54) is 19.3 Å². The van der Waals surface area contributed by atoms with Crippen LogP contribution in [0.25, 0.3) is 0 Å². The van der Waals surface area contributed by atoms with Crippen molar-refractivity contribution in [1.82, 2.24) is 0 Å². The van der Waals surface area contributed by atoms with E-state index >= 15 is 0 Å². The van der Waals surface area contributed by atoms with E-state index < -0.39 is 8.07 Å². The minimum absolute atomic E-state index is 0.821. The van der Waals surface area contributed by atoms with Crippen LogP contribution < -0.4 is 0 Å². The third kappa shape index (κ3) is 2.70. The van der Waals surface area contributed by atoms with E-state index in [0.717, 1.165) is 22.5 Å². The molecule has 0 aromatic carbocycles. The van der Waals surface area contributed by atoms with Crippen LogP contribution in [0.3, 0.4) is 0 Å². The molecular weight excluding hydrogens is 220 g/mol. The van der Waals surface area contributed by atoms with Crippen molar-refractivity contribution in [3.8, 4) is 0 Å². The van der Waals surface area contributed by atoms with Crippen LogP contribution >= 0.6 is 0 Å². The molecular formula is C16H32Si. The fraction of sp³-hybridized carbons (Fsp3) is 0.875. The van der Waals surface area contributed by atoms with Crippen molar-refractivity contribution in [3.63, 3.8) is 0 Å². The van der Waals surface area contributed by atoms with Gasteiger partial charge in [0, 0.05) is 0 Å². The van der Waals surface area contributed by atoms with Crippen molar-refractivity contribution in [2.75, 3.05) is 0 Å². The maximum absolute atomic E-state index is 2.66. The molecule has 0 nitrogen and oxygen atoms in total. The molecule has 1 aliphatic rings. The van der Waals surface area contributed by atoms with Crippen molar-refractivity contribution in [3.05, 3.63) is 11.3 Å². The van der Waals surface area contributed by atoms with Crippen LogP contribution in [0.4, 0.5) is 0 Å². The lowest BCUT2D eigenvalue weighted by Crippen LogP contribution is -2.47. The Morgan fingerprint density at radius 2 is 1.47 bits per heavy atom. The van der Waals surface area contributed by atoms with Crippen LogP contribution in [0.2, 0.25) is 16.6 Å². The van der Waals surface area contributed by atoms with Gasteiger partial charge in [0.2, 0.25) is 0 Å². The lowest BCUT2D eigenvalue weighted by Gasteiger charge is -2.46. The quantitative estimate of drug-likeness (QED) is 0.542. The fourth-order valence-electron chi connectivity index (χ4n) is 4.60. The van der Waals surface area contributed by atoms with E-state index in [0.29, 0.717) is 0 Å². The fourth-order valence-corrected chi connectivity index (χ4v) is 12.0. The third-order valence-corrected chi connectivity index (χ3v) is 12.3. The first-order valence-corrected chi connectivity index (χ1v) is 9.77. The number of hydrogen-bond acceptors (Lipinski definition) is 0. The van der Waals surface area contributed by atoms with E-state index in [9.17, 15) is 0 Å². The van der Waals surface area contributed by atoms with E-state index in [2.05, 4.69) is 54.5 Å². The van der Waals surface area contributed by atoms with Crippen molar-refractivity contribution in [2.45, 2.75) is 84.4 Å². The van der Waals surface area contributed by atoms with E-state index in [1.807, 2.05) is 5.20 Å². The molecule has 0 bridgehead atoms. The highest BCUT2D eigenvalue weighted by molar-refractivity contribution is 6.89. The Kier molecular flexibility index (Phi) is 5.06. The number of hydrogen-bond donors (Lipinski definition) is 0. The van der Waals surface area contributed by atoms with E-state index in [1.54, 1.807) is 0 Å². The normalized spacial score (nSPS) is 22.5. The molecule has 1 rings (SSSR count). The molecule has 0 aromatic heterocycles. The van der Waals surface area contributed by atoms with E-state index in [4.69, 9.17) is 0 Å². The summed E-state index contributed by atoms with van der Waals surface area (Å²) in [7, 11) is -1.31. The molecule has 1 atom stereocenters. The SMILES string of the molecule is CC1C=C([Si](C(C)C)(C(C)C)C(C)C)CCC1. The predicted molar refractivity (Wildman–Crippen MR) is 82.1 cm³/mol. The Balaban J connectivity index is 3.21. The molecule has 0 heterocycles. The maximum atomic E-state index is 2.66. The number of rotatable bonds is 4. The monoisotopic (exact) mass is 252 g/mol. The molecule has 1 unspecified atom stereocenters. The second-order valence-electron chi connectivity index (χ2n) is 6.96. The van der Waals surface area contributed by atoms with Gasteiger partial charge in [0.25, 0.3) is 0 Å². The average Bonchev–Trinajstić information content (AvgIpc) is 2.16. The van der Waals surface area contributed by atoms with Gasteiger partial charge in [-0.3, -0.25) is 0 Å². The molecule has 100 valence electrons. The van der Waals surface area contributed by atoms with Gasteiger partial charge in [-0.05, 0) is 41.8 Å². The smallest absolute Gasteiger partial charge is 0.0863 e. The molecule has 0 saturated heterocycles. The van der Waals surface area contributed by atoms with Gasteiger partial charge in [0.15, 0.2) is 0 Å². The highest BCUT2D eigenvalue weighted by Crippen LogP contribution is 2.49. The van der Waals surface area contributed by atoms with Crippen molar-refractivity contribution in [2.24, 2.45) is 5.92 Å². The molecule has 0 N–H and O–H groups in total. The summed E-state index contributed by atoms with van der Waals surface area (Å²) in [5.41, 5.74) is 2.62. The minimum atomic E-state index is -1.31. The lowest BCUT2D eigenvalue weighted by molar-refractivity contribution is 0.572. The summed E-state index contributed by atoms with van der Waals surface area (Å²) in [5, 5.41) is 1.90. The Morgan fingerprint density at radius 1 is 1.00 bits per heavy atom. The highest BCUT2D eigenvalue weighted by Gasteiger charge is 2.45. The number of allylic oxidation sites excluding steroid dienone is 2. The summed E-state index contributed by atoms with van der Waals surface area (Å²) in [4.78, 5) is 0. The topological polar surface area (TPSA) is 0 Å². The van der Waals surface area contributed by atoms with Gasteiger partial charge in [-0.25, -0.2) is 0 Å². The van der Waals surface area contributed by atoms with Crippen molar-refractivity contribution in [1.29, 1.82) is 0 Å². The first kappa shape index (κ1) is 15.0. The minimum Gasteiger partial charge on any atom is -0.0863 e. The Hall–Kier alpha value is -0.0431. The molecule has 0 radical (unpaired) electrons. The van der Waals surface area contributed by atoms with Gasteiger partial charge in [0.1, 0.15) is 0 Å². The molecule has 0 fully saturated rings. The van der Waals surface area contributed by atoms with Gasteiger partial charge in [-0.1, -0.05) is 59.7 Å². The predicted octanol–water partition coefficient (Wildman–Crippen LogP) is 5.95. The zero-order valence-corrected chi connectivity index (χ0v) is 14.0. The third-order valence-electron chi connectivity index (χ3n) is 5.01. The van der Waals surface area contributed by atoms with Gasteiger partial charge in [0.05, 0.1) is 8.07 Å². The van der Waals surface area contributed by atoms with Gasteiger partial charge in [-0.15, -0.1) is 0 Å². The average molecular weight is 253 g/mol. The van der Waals surface area contributed by atoms with E-state index in [-0.39, 0.29) is 0 Å². The summed E-state index contributed by atoms with van der Waals surface area (Å²) in [6.07, 6.45) is 6.89. The highest BCUT2D eigenvalue weighted by atomic mass is 28.3. The van der Waals surface area contributed by atoms with Crippen LogP contribution in [0.5, 0.6) is 0 Å². The standard InChI is InChI=1S/C16H32Si/c1-12(2)17(13(3)4,14(5)6)16-10-8-9-15(7)11-16/h11-15H,8-10H2,1-7H3. The van der Waals surface area contributed by atoms with Crippen LogP contribution in [-0.2, 0) is 0 Å². The second kappa shape index (κ2) is 5.73. The molecule has 1 aliphatic carbocycles. The summed E-state index contributed by atoms with van der Waals surface area (Å²) >= 11 is 0. The van der Waals surface area contributed by atoms with Crippen LogP contribution in [0.15, 0.2) is 11.3 Å². The Labute approximate surface area is 110 Å². The zero-order chi connectivity index (χ0) is 13.2. The van der Waals surface area contributed by atoms with Gasteiger partial charge in [-0.2, -0.15) is 0 Å². The maximum Gasteiger partial charge on any atom is 0.0886 e. The second-order valence-corrected chi connectivity index (χ2v) is 12.9. The van der Waals surface area contributed by atoms with Crippen molar-refractivity contribution >= 4 is 8.07 Å². The van der Waals surface area contributed by atoms with Gasteiger partial charge >= 0.3 is 0 Å². The first-order chi connectivity index (χ1) is 7.83. The van der Waals surface area contributed by atoms with Crippen LogP contribution in [0, 0.1) is 5.92 Å². The summed E-state index contributed by atoms with van der Waals surface area (Å²) in [6, 6.07) is 0. The molecule has 17 heavy (non-hydrogen) atoms. The molecule has 0 spiro atoms. The molecule has 0 saturated carbocycles. The zero-order valence-electron chi connectivity index (χ0n) is 13.0. The molecule has 0 aliphatic heterocycles. The van der Waals surface area contributed by atoms with Gasteiger partial charge < -0.3 is 0 Å². The Bertz CT molecular complexity index is 251. The van der Waals surface area contributed by atoms with Crippen molar-refractivity contribution < 1.29 is 0 Å². The molecule has 0 amide bonds. The molecule has 1 heteroatoms. The summed E-state index contributed by atoms with van der Waals surface area (Å²) < 4.78 is 0. The lowest BCUT2D eigenvalue weighted by atomic mass is 9.98. The first-order valence-electron chi connectivity index (χ1n) is 7.54. The summed E-state index contributed by atoms with van der Waals surface area (Å²) in [5.74, 6) is 0.821. The van der Waals surface area contributed by atoms with Crippen LogP contribution in [0.1, 0.15) is 67.7 Å². The Morgan fingerprint density at radius 3 is 1.82 bits per heavy atom. The summed E-state index contributed by atoms with van der Waals surface area (Å²) in [6.45, 7) is 17.3. The van der Waals surface area contributed by atoms with Crippen LogP contribution in [-0.4, -0.2) is 8.07 Å².